The molecule has 0 amide bonds. The predicted molar refractivity (Wildman–Crippen MR) is 37.5 cm³/mol. The Balaban J connectivity index is 0. The molecule has 0 aromatic rings. The van der Waals surface area contributed by atoms with E-state index in [1.807, 2.05) is 0 Å². The molecule has 3 nitrogen and oxygen atoms in total. The fourth-order valence-corrected chi connectivity index (χ4v) is 0. The molecule has 0 aromatic carbocycles. The topological polar surface area (TPSA) is 43.1 Å². The van der Waals surface area contributed by atoms with Crippen LogP contribution in [0.2, 0.25) is 19.6 Å². The first-order valence-electron chi connectivity index (χ1n) is 2.09. The van der Waals surface area contributed by atoms with Gasteiger partial charge in [-0.25, -0.2) is 0 Å². The molecule has 0 saturated carbocycles. The van der Waals surface area contributed by atoms with E-state index in [1.165, 1.54) is 0 Å². The molecule has 5 heteroatoms. The van der Waals surface area contributed by atoms with Crippen LogP contribution in [0.15, 0.2) is 0 Å². The molecule has 0 bridgehead atoms. The van der Waals surface area contributed by atoms with Crippen LogP contribution in [0.5, 0.6) is 0 Å². The van der Waals surface area contributed by atoms with Gasteiger partial charge in [0.05, 0.1) is 0 Å². The van der Waals surface area contributed by atoms with Gasteiger partial charge in [-0.15, -0.1) is 0 Å². The summed E-state index contributed by atoms with van der Waals surface area (Å²) in [7, 11) is -2.01. The van der Waals surface area contributed by atoms with Crippen molar-refractivity contribution in [3.63, 3.8) is 0 Å². The standard InChI is InChI=1S/C3H9NO2Si.Li.H/c1-7(2,3)4(5)6;;/h1-3H3;;. The molecule has 0 aliphatic heterocycles. The second-order valence-corrected chi connectivity index (χ2v) is 7.13. The monoisotopic (exact) mass is 127 g/mol. The zero-order chi connectivity index (χ0) is 6.08. The third kappa shape index (κ3) is 4.38. The van der Waals surface area contributed by atoms with Crippen molar-refractivity contribution < 1.29 is 4.59 Å². The normalized spacial score (nSPS) is 9.88. The molecule has 8 heavy (non-hydrogen) atoms. The third-order valence-corrected chi connectivity index (χ3v) is 1.64. The molecule has 0 radical (unpaired) electrons. The summed E-state index contributed by atoms with van der Waals surface area (Å²) < 4.78 is -0.174. The molecular weight excluding hydrogens is 117 g/mol. The second kappa shape index (κ2) is 3.28. The van der Waals surface area contributed by atoms with Gasteiger partial charge in [-0.2, -0.15) is 0 Å². The summed E-state index contributed by atoms with van der Waals surface area (Å²) in [6.07, 6.45) is 0. The van der Waals surface area contributed by atoms with Crippen molar-refractivity contribution in [3.8, 4) is 0 Å². The molecule has 44 valence electrons. The van der Waals surface area contributed by atoms with Crippen molar-refractivity contribution in [1.82, 2.24) is 0 Å². The maximum atomic E-state index is 9.89. The molecular formula is C3H10LiNO2Si. The van der Waals surface area contributed by atoms with Gasteiger partial charge in [0.25, 0.3) is 0 Å². The van der Waals surface area contributed by atoms with E-state index in [9.17, 15) is 10.1 Å². The van der Waals surface area contributed by atoms with Gasteiger partial charge in [0.1, 0.15) is 0 Å². The quantitative estimate of drug-likeness (QED) is 0.291. The van der Waals surface area contributed by atoms with Gasteiger partial charge in [-0.3, -0.25) is 10.1 Å². The van der Waals surface area contributed by atoms with Crippen molar-refractivity contribution >= 4 is 27.1 Å². The van der Waals surface area contributed by atoms with Gasteiger partial charge in [0.2, 0.25) is 0 Å². The van der Waals surface area contributed by atoms with E-state index in [1.54, 1.807) is 19.6 Å². The molecule has 0 saturated heterocycles. The summed E-state index contributed by atoms with van der Waals surface area (Å²) >= 11 is 0. The summed E-state index contributed by atoms with van der Waals surface area (Å²) in [5, 5.41) is 9.89. The summed E-state index contributed by atoms with van der Waals surface area (Å²) in [6.45, 7) is 5.10. The van der Waals surface area contributed by atoms with Crippen LogP contribution in [0, 0.1) is 10.1 Å². The Morgan fingerprint density at radius 3 is 1.50 bits per heavy atom. The van der Waals surface area contributed by atoms with Crippen molar-refractivity contribution in [1.29, 1.82) is 0 Å². The molecule has 0 heterocycles. The van der Waals surface area contributed by atoms with Gasteiger partial charge in [0, 0.05) is 0 Å². The zero-order valence-corrected chi connectivity index (χ0v) is 5.76. The van der Waals surface area contributed by atoms with Crippen molar-refractivity contribution in [3.05, 3.63) is 10.1 Å². The molecule has 0 aromatic heterocycles. The average molecular weight is 127 g/mol. The third-order valence-electron chi connectivity index (χ3n) is 0.548. The Kier molecular flexibility index (Phi) is 4.54. The summed E-state index contributed by atoms with van der Waals surface area (Å²) in [5.74, 6) is 0. The molecule has 0 rings (SSSR count). The van der Waals surface area contributed by atoms with E-state index in [4.69, 9.17) is 0 Å². The van der Waals surface area contributed by atoms with Crippen LogP contribution in [0.1, 0.15) is 0 Å². The van der Waals surface area contributed by atoms with E-state index in [2.05, 4.69) is 0 Å². The molecule has 0 unspecified atom stereocenters. The first-order chi connectivity index (χ1) is 2.94. The number of hydrogen-bond acceptors (Lipinski definition) is 2. The minimum absolute atomic E-state index is 0. The van der Waals surface area contributed by atoms with Gasteiger partial charge in [0.15, 0.2) is 0 Å². The van der Waals surface area contributed by atoms with Crippen LogP contribution >= 0.6 is 0 Å². The number of nitrogens with zero attached hydrogens (tertiary/aromatic N) is 1. The fraction of sp³-hybridized carbons (Fsp3) is 1.00. The number of hydrogen-bond donors (Lipinski definition) is 0. The van der Waals surface area contributed by atoms with E-state index in [0.29, 0.717) is 0 Å². The second-order valence-electron chi connectivity index (χ2n) is 2.43. The number of rotatable bonds is 1. The van der Waals surface area contributed by atoms with Crippen LogP contribution in [-0.2, 0) is 0 Å². The van der Waals surface area contributed by atoms with E-state index < -0.39 is 8.24 Å². The number of nitro groups is 1. The summed E-state index contributed by atoms with van der Waals surface area (Å²) in [6, 6.07) is 0. The van der Waals surface area contributed by atoms with E-state index in [-0.39, 0.29) is 23.4 Å². The SMILES string of the molecule is C[Si](C)(C)[N+](=O)[O-].[LiH]. The van der Waals surface area contributed by atoms with Gasteiger partial charge in [-0.1, -0.05) is 4.59 Å². The van der Waals surface area contributed by atoms with Crippen LogP contribution in [-0.4, -0.2) is 31.7 Å². The average Bonchev–Trinajstić information content (AvgIpc) is 1.31. The molecule has 0 spiro atoms. The maximum absolute atomic E-state index is 9.89. The summed E-state index contributed by atoms with van der Waals surface area (Å²) in [4.78, 5) is 9.89. The van der Waals surface area contributed by atoms with Crippen LogP contribution < -0.4 is 0 Å². The van der Waals surface area contributed by atoms with E-state index in [0.717, 1.165) is 0 Å². The van der Waals surface area contributed by atoms with Crippen LogP contribution in [0.25, 0.3) is 0 Å². The van der Waals surface area contributed by atoms with Crippen LogP contribution in [0.4, 0.5) is 0 Å². The van der Waals surface area contributed by atoms with Crippen LogP contribution in [0.3, 0.4) is 0 Å². The van der Waals surface area contributed by atoms with Gasteiger partial charge >= 0.3 is 27.1 Å². The van der Waals surface area contributed by atoms with Gasteiger partial charge < -0.3 is 0 Å². The zero-order valence-electron chi connectivity index (χ0n) is 4.76. The predicted octanol–water partition coefficient (Wildman–Crippen LogP) is 0.449. The molecule has 0 aliphatic rings. The Morgan fingerprint density at radius 2 is 1.50 bits per heavy atom. The van der Waals surface area contributed by atoms with Crippen molar-refractivity contribution in [2.45, 2.75) is 19.6 Å². The Bertz CT molecular complexity index is 89.8. The molecule has 0 N–H and O–H groups in total. The summed E-state index contributed by atoms with van der Waals surface area (Å²) in [5.41, 5.74) is 0. The van der Waals surface area contributed by atoms with Crippen molar-refractivity contribution in [2.24, 2.45) is 0 Å². The van der Waals surface area contributed by atoms with Gasteiger partial charge in [-0.05, 0) is 19.6 Å². The first kappa shape index (κ1) is 11.1. The Hall–Kier alpha value is 0.214. The molecule has 0 fully saturated rings. The first-order valence-corrected chi connectivity index (χ1v) is 5.54. The van der Waals surface area contributed by atoms with Crippen molar-refractivity contribution in [2.75, 3.05) is 0 Å². The minimum atomic E-state index is -2.01. The molecule has 0 atom stereocenters. The fourth-order valence-electron chi connectivity index (χ4n) is 0. The molecule has 0 aliphatic carbocycles. The Morgan fingerprint density at radius 1 is 1.38 bits per heavy atom. The van der Waals surface area contributed by atoms with E-state index >= 15 is 0 Å². The Labute approximate surface area is 61.9 Å².